The molecular formula is C100H174Cl3FLiN9O22S3. The van der Waals surface area contributed by atoms with Crippen LogP contribution in [0.25, 0.3) is 0 Å². The van der Waals surface area contributed by atoms with Crippen LogP contribution >= 0.6 is 71.8 Å². The number of thioether (sulfide) groups is 1. The van der Waals surface area contributed by atoms with Gasteiger partial charge in [0.15, 0.2) is 17.3 Å². The molecule has 0 aromatic heterocycles. The number of nitrogens with one attached hydrogen (secondary N) is 2. The average Bonchev–Trinajstić information content (AvgIpc) is 0.947. The monoisotopic (exact) mass is 2080 g/mol. The molecule has 3 aromatic rings. The van der Waals surface area contributed by atoms with E-state index in [9.17, 15) is 67.0 Å². The number of ketones is 4. The summed E-state index contributed by atoms with van der Waals surface area (Å²) in [5, 5.41) is 32.9. The van der Waals surface area contributed by atoms with Crippen molar-refractivity contribution in [2.45, 2.75) is 296 Å². The second-order valence-electron chi connectivity index (χ2n) is 34.8. The van der Waals surface area contributed by atoms with Gasteiger partial charge < -0.3 is 90.5 Å². The SMILES string of the molecule is C1CCOC1.CC(=O)[C@H](C(C)C)N(C)C(=O)CCN.CC(=O)[C@H](C(C)C)N(C)C(=O)CCNC(=O)OC(C)(C)C.CC(C)(C)OC(=O)NCCC(=O)O.CCN(CC)CC.CC[C@H](C(C)=O)C(C)C.COc1ccc(CC(=S)CCCC(=O)N(C)[C@H](C(=O)O)C(C)C)cc1.COc1ccc(CC(=S)CCCC(=O)N(C)[C@H](C(C)=O)C(C)C)cc1.COc1ccc(SC#N)cc1.Cl.ClCCl.O.[2H]CF.[Li+].[OH-]. The number of hydrogen-bond acceptors (Lipinski definition) is 25. The summed E-state index contributed by atoms with van der Waals surface area (Å²) in [5.74, 6) is 1.41. The zero-order chi connectivity index (χ0) is 107. The van der Waals surface area contributed by atoms with Gasteiger partial charge in [-0.3, -0.25) is 47.5 Å². The minimum absolute atomic E-state index is 0. The van der Waals surface area contributed by atoms with Gasteiger partial charge in [-0.25, -0.2) is 14.4 Å². The van der Waals surface area contributed by atoms with Crippen LogP contribution in [0.2, 0.25) is 0 Å². The molecule has 6 amide bonds. The average molecular weight is 2080 g/mol. The number of nitrogens with zero attached hydrogens (tertiary/aromatic N) is 6. The minimum atomic E-state index is -1.00. The summed E-state index contributed by atoms with van der Waals surface area (Å²) < 4.78 is 45.6. The topological polar surface area (TPSA) is 452 Å². The Morgan fingerprint density at radius 3 is 1.02 bits per heavy atom. The molecule has 0 spiro atoms. The Labute approximate surface area is 877 Å². The molecule has 1 fully saturated rings. The van der Waals surface area contributed by atoms with Gasteiger partial charge >= 0.3 is 43.0 Å². The number of alkyl halides is 3. The summed E-state index contributed by atoms with van der Waals surface area (Å²) in [5.41, 5.74) is 6.43. The van der Waals surface area contributed by atoms with E-state index in [-0.39, 0.29) is 156 Å². The van der Waals surface area contributed by atoms with Gasteiger partial charge in [0.2, 0.25) is 23.6 Å². The summed E-state index contributed by atoms with van der Waals surface area (Å²) in [6, 6.07) is 21.1. The first-order chi connectivity index (χ1) is 63.3. The van der Waals surface area contributed by atoms with Crippen LogP contribution in [-0.4, -0.2) is 276 Å². The van der Waals surface area contributed by atoms with Gasteiger partial charge in [-0.2, -0.15) is 5.26 Å². The summed E-state index contributed by atoms with van der Waals surface area (Å²) in [7, 11) is 10.4. The number of methoxy groups -OCH3 is 3. The van der Waals surface area contributed by atoms with Crippen molar-refractivity contribution >= 4 is 152 Å². The second kappa shape index (κ2) is 91.5. The Morgan fingerprint density at radius 1 is 0.525 bits per heavy atom. The van der Waals surface area contributed by atoms with Gasteiger partial charge in [-0.1, -0.05) is 146 Å². The normalized spacial score (nSPS) is 11.7. The molecule has 0 unspecified atom stereocenters. The maximum Gasteiger partial charge on any atom is 1.00 e. The van der Waals surface area contributed by atoms with Gasteiger partial charge in [-0.15, -0.1) is 35.6 Å². The van der Waals surface area contributed by atoms with E-state index < -0.39 is 54.6 Å². The number of halogens is 4. The number of ether oxygens (including phenoxy) is 6. The predicted molar refractivity (Wildman–Crippen MR) is 564 cm³/mol. The van der Waals surface area contributed by atoms with Crippen LogP contribution in [0.3, 0.4) is 0 Å². The molecule has 5 atom stereocenters. The summed E-state index contributed by atoms with van der Waals surface area (Å²) in [6.45, 7) is 50.9. The maximum atomic E-state index is 12.3. The van der Waals surface area contributed by atoms with Gasteiger partial charge in [0.25, 0.3) is 0 Å². The molecule has 1 aliphatic rings. The van der Waals surface area contributed by atoms with Crippen LogP contribution in [0.15, 0.2) is 77.7 Å². The Kier molecular flexibility index (Phi) is 99.8. The molecule has 0 aliphatic carbocycles. The molecule has 31 nitrogen and oxygen atoms in total. The van der Waals surface area contributed by atoms with E-state index in [0.29, 0.717) is 63.2 Å². The predicted octanol–water partition coefficient (Wildman–Crippen LogP) is 15.7. The largest absolute Gasteiger partial charge is 1.00 e. The number of thiocyanates is 1. The number of carboxylic acids is 2. The van der Waals surface area contributed by atoms with E-state index in [0.717, 1.165) is 87.2 Å². The molecule has 1 heterocycles. The van der Waals surface area contributed by atoms with Gasteiger partial charge in [0.1, 0.15) is 45.7 Å². The Hall–Kier alpha value is -7.68. The van der Waals surface area contributed by atoms with Gasteiger partial charge in [0.05, 0.1) is 59.7 Å². The molecule has 1 aliphatic heterocycles. The van der Waals surface area contributed by atoms with Gasteiger partial charge in [0, 0.05) is 110 Å². The van der Waals surface area contributed by atoms with Crippen molar-refractivity contribution in [2.24, 2.45) is 41.2 Å². The van der Waals surface area contributed by atoms with E-state index in [1.165, 1.54) is 61.0 Å². The molecule has 0 bridgehead atoms. The molecule has 798 valence electrons. The van der Waals surface area contributed by atoms with Crippen LogP contribution in [0.1, 0.15) is 256 Å². The van der Waals surface area contributed by atoms with E-state index in [1.807, 2.05) is 120 Å². The third-order valence-electron chi connectivity index (χ3n) is 19.6. The number of hydrogen-bond donors (Lipinski definition) is 5. The number of carboxylic acid groups (broad SMARTS) is 2. The number of rotatable bonds is 42. The Bertz CT molecular complexity index is 3770. The van der Waals surface area contributed by atoms with Crippen LogP contribution < -0.4 is 49.4 Å². The van der Waals surface area contributed by atoms with E-state index >= 15 is 0 Å². The van der Waals surface area contributed by atoms with Gasteiger partial charge in [-0.05, 0) is 245 Å². The van der Waals surface area contributed by atoms with Crippen LogP contribution in [-0.2, 0) is 75.0 Å². The van der Waals surface area contributed by atoms with Crippen molar-refractivity contribution in [1.82, 2.24) is 35.1 Å². The summed E-state index contributed by atoms with van der Waals surface area (Å²) in [6.07, 6.45) is 7.59. The quantitative estimate of drug-likeness (QED) is 0.0116. The third-order valence-corrected chi connectivity index (χ3v) is 20.9. The fourth-order valence-electron chi connectivity index (χ4n) is 13.2. The van der Waals surface area contributed by atoms with Crippen molar-refractivity contribution in [3.05, 3.63) is 83.9 Å². The summed E-state index contributed by atoms with van der Waals surface area (Å²) in [4.78, 5) is 148. The smallest absolute Gasteiger partial charge is 0.870 e. The van der Waals surface area contributed by atoms with Crippen molar-refractivity contribution in [3.63, 3.8) is 0 Å². The fraction of sp³-hybridized carbons (Fsp3) is 0.670. The Balaban J connectivity index is -0.000000152. The first-order valence-electron chi connectivity index (χ1n) is 46.4. The maximum absolute atomic E-state index is 12.3. The fourth-order valence-corrected chi connectivity index (χ4v) is 14.2. The second-order valence-corrected chi connectivity index (χ2v) is 37.7. The Morgan fingerprint density at radius 2 is 0.813 bits per heavy atom. The van der Waals surface area contributed by atoms with E-state index in [4.69, 9.17) is 93.5 Å². The molecule has 0 saturated carbocycles. The van der Waals surface area contributed by atoms with Crippen molar-refractivity contribution in [3.8, 4) is 22.6 Å². The van der Waals surface area contributed by atoms with Crippen molar-refractivity contribution in [2.75, 3.05) is 114 Å². The zero-order valence-corrected chi connectivity index (χ0v) is 94.2. The number of aliphatic carboxylic acids is 2. The molecule has 3 aromatic carbocycles. The number of likely N-dealkylation sites (N-methyl/N-ethyl adjacent to an activating group) is 4. The van der Waals surface area contributed by atoms with E-state index in [2.05, 4.69) is 57.1 Å². The van der Waals surface area contributed by atoms with Crippen LogP contribution in [0.5, 0.6) is 17.2 Å². The molecule has 39 heteroatoms. The standard InChI is InChI=1S/C20H29NO3S.C19H27NO4S.C15H28N2O4.C10H20N2O2.C8H15NO4.C8H7NOS.C8H16O.C6H15N.C4H8O.CH2Cl2.CH3F.ClH.Li.2H2O/c1-14(2)20(15(3)22)21(4)19(23)8-6-7-18(25)13-16-9-11-17(24-5)12-10-16;1-13(2)18(19(22)23)20(3)17(21)7-5-6-16(25)12-14-8-10-15(24-4)11-9-14;1-10(2)13(11(3)18)17(7)12(19)8-9-16-14(20)21-15(4,5)6;1-7(2)10(8(3)13)12(4)9(14)5-6-11;1-8(2,3)13-7(12)9-5-4-6(10)11;1-10-7-2-4-8(5-3-7)11-6-9;1-5-8(6(2)3)7(4)9;1-4-7(5-2)6-3;1-2-4-5-3-1;2-1-3;1-2;;;;/h9-12,14,20H,6-8,13H2,1-5H3;8-11,13,18H,5-7,12H2,1-4H3,(H,22,23);10,13H,8-9H2,1-7H3,(H,16,20);7,10H,5-6,11H2,1-4H3;4-5H2,1-3H3,(H,9,12)(H,10,11);2-5H,1H3;6,8H,5H2,1-4H3;4-6H2,1-3H3;1-4H2;1H2;1H3;1H;;2*1H2/q;;;;;;;;;;;;+1;;/p-1/t20-;18-;13-;10-;;;8-;;;;;;;;/m0000..0......../s1/i;;;;;;;;;;1D;;;;. The number of carbonyl (C=O) groups excluding carboxylic acids is 10. The molecule has 4 rings (SSSR count). The number of benzene rings is 3. The minimum Gasteiger partial charge on any atom is -0.870 e. The van der Waals surface area contributed by atoms with Crippen molar-refractivity contribution < 1.29 is 132 Å². The van der Waals surface area contributed by atoms with E-state index in [1.54, 1.807) is 124 Å². The molecule has 0 radical (unpaired) electrons. The molecular weight excluding hydrogens is 1910 g/mol. The third kappa shape index (κ3) is 82.5. The molecule has 139 heavy (non-hydrogen) atoms. The number of nitrogens with two attached hydrogens (primary N) is 1. The van der Waals surface area contributed by atoms with Crippen LogP contribution in [0, 0.1) is 46.2 Å². The number of amides is 6. The molecule has 9 N–H and O–H groups in total. The van der Waals surface area contributed by atoms with Crippen molar-refractivity contribution in [1.29, 1.82) is 5.26 Å². The summed E-state index contributed by atoms with van der Waals surface area (Å²) >= 11 is 21.5. The first-order valence-corrected chi connectivity index (χ1v) is 48.4. The van der Waals surface area contributed by atoms with Crippen LogP contribution in [0.4, 0.5) is 14.0 Å². The first kappa shape index (κ1) is 152. The molecule has 1 saturated heterocycles. The zero-order valence-electron chi connectivity index (χ0n) is 90.4. The number of thiocarbonyl (C=S) groups is 2. The number of nitriles is 1. The number of Topliss-reactive ketones (excluding diaryl/α,β-unsaturated/α-hetero) is 4. The number of alkyl carbamates (subject to hydrolysis) is 2. The number of carbonyl (C=O) groups is 12.